The number of ether oxygens (including phenoxy) is 1. The molecule has 3 rings (SSSR count). The maximum Gasteiger partial charge on any atom is 0.222 e. The molecule has 24 heavy (non-hydrogen) atoms. The van der Waals surface area contributed by atoms with Crippen molar-refractivity contribution in [1.29, 1.82) is 0 Å². The van der Waals surface area contributed by atoms with E-state index >= 15 is 0 Å². The summed E-state index contributed by atoms with van der Waals surface area (Å²) in [6.45, 7) is 3.87. The summed E-state index contributed by atoms with van der Waals surface area (Å²) in [5.41, 5.74) is 0. The fourth-order valence-corrected chi connectivity index (χ4v) is 2.94. The Kier molecular flexibility index (Phi) is 5.46. The zero-order valence-corrected chi connectivity index (χ0v) is 14.0. The first-order valence-corrected chi connectivity index (χ1v) is 8.48. The van der Waals surface area contributed by atoms with Crippen LogP contribution in [0, 0.1) is 6.92 Å². The van der Waals surface area contributed by atoms with Crippen molar-refractivity contribution in [2.24, 2.45) is 0 Å². The van der Waals surface area contributed by atoms with Crippen LogP contribution in [0.2, 0.25) is 0 Å². The van der Waals surface area contributed by atoms with E-state index in [0.29, 0.717) is 24.8 Å². The molecule has 0 radical (unpaired) electrons. The number of rotatable bonds is 6. The molecule has 0 spiro atoms. The van der Waals surface area contributed by atoms with Gasteiger partial charge in [-0.25, -0.2) is 0 Å². The first-order valence-electron chi connectivity index (χ1n) is 8.48. The highest BCUT2D eigenvalue weighted by Crippen LogP contribution is 2.27. The molecule has 0 unspecified atom stereocenters. The molecule has 1 aromatic heterocycles. The number of amides is 1. The van der Waals surface area contributed by atoms with Gasteiger partial charge in [0.25, 0.3) is 0 Å². The largest absolute Gasteiger partial charge is 0.494 e. The average molecular weight is 329 g/mol. The molecule has 6 nitrogen and oxygen atoms in total. The van der Waals surface area contributed by atoms with Crippen LogP contribution in [-0.2, 0) is 4.79 Å². The predicted molar refractivity (Wildman–Crippen MR) is 88.8 cm³/mol. The van der Waals surface area contributed by atoms with Crippen molar-refractivity contribution in [3.8, 4) is 5.75 Å². The third-order valence-electron chi connectivity index (χ3n) is 4.29. The number of likely N-dealkylation sites (tertiary alicyclic amines) is 1. The first kappa shape index (κ1) is 16.5. The highest BCUT2D eigenvalue weighted by Gasteiger charge is 2.26. The van der Waals surface area contributed by atoms with E-state index in [2.05, 4.69) is 10.2 Å². The predicted octanol–water partition coefficient (Wildman–Crippen LogP) is 2.94. The topological polar surface area (TPSA) is 68.5 Å². The van der Waals surface area contributed by atoms with Crippen LogP contribution in [0.1, 0.15) is 43.4 Å². The second-order valence-corrected chi connectivity index (χ2v) is 6.08. The molecular formula is C18H23N3O3. The van der Waals surface area contributed by atoms with Crippen LogP contribution in [0.25, 0.3) is 0 Å². The minimum absolute atomic E-state index is 0.201. The number of nitrogens with zero attached hydrogens (tertiary/aromatic N) is 3. The van der Waals surface area contributed by atoms with E-state index in [1.807, 2.05) is 35.2 Å². The zero-order valence-electron chi connectivity index (χ0n) is 14.0. The van der Waals surface area contributed by atoms with Crippen molar-refractivity contribution in [2.45, 2.75) is 38.5 Å². The molecule has 128 valence electrons. The van der Waals surface area contributed by atoms with Gasteiger partial charge in [0.15, 0.2) is 0 Å². The summed E-state index contributed by atoms with van der Waals surface area (Å²) in [6.07, 6.45) is 3.02. The second-order valence-electron chi connectivity index (χ2n) is 6.08. The molecule has 1 amide bonds. The smallest absolute Gasteiger partial charge is 0.222 e. The Balaban J connectivity index is 1.36. The molecule has 6 heteroatoms. The average Bonchev–Trinajstić information content (AvgIpc) is 3.06. The Bertz CT molecular complexity index is 649. The number of aromatic nitrogens is 2. The molecule has 1 aliphatic rings. The van der Waals surface area contributed by atoms with E-state index in [1.165, 1.54) is 0 Å². The van der Waals surface area contributed by atoms with Crippen molar-refractivity contribution in [2.75, 3.05) is 19.7 Å². The number of piperidine rings is 1. The molecule has 0 saturated carbocycles. The van der Waals surface area contributed by atoms with Crippen LogP contribution in [0.4, 0.5) is 0 Å². The van der Waals surface area contributed by atoms with Crippen LogP contribution in [0.5, 0.6) is 5.75 Å². The summed E-state index contributed by atoms with van der Waals surface area (Å²) in [5, 5.41) is 7.97. The van der Waals surface area contributed by atoms with E-state index in [-0.39, 0.29) is 11.8 Å². The second kappa shape index (κ2) is 7.95. The molecule has 0 atom stereocenters. The lowest BCUT2D eigenvalue weighted by Gasteiger charge is -2.30. The third-order valence-corrected chi connectivity index (χ3v) is 4.29. The minimum Gasteiger partial charge on any atom is -0.494 e. The maximum atomic E-state index is 12.3. The molecule has 1 saturated heterocycles. The fourth-order valence-electron chi connectivity index (χ4n) is 2.94. The highest BCUT2D eigenvalue weighted by atomic mass is 16.5. The molecule has 0 N–H and O–H groups in total. The Labute approximate surface area is 141 Å². The van der Waals surface area contributed by atoms with E-state index in [0.717, 1.165) is 38.1 Å². The molecule has 0 aliphatic carbocycles. The molecule has 1 fully saturated rings. The molecule has 2 aromatic rings. The van der Waals surface area contributed by atoms with Gasteiger partial charge in [0.05, 0.1) is 6.61 Å². The maximum absolute atomic E-state index is 12.3. The highest BCUT2D eigenvalue weighted by molar-refractivity contribution is 5.76. The van der Waals surface area contributed by atoms with Crippen molar-refractivity contribution in [3.05, 3.63) is 42.1 Å². The van der Waals surface area contributed by atoms with Crippen LogP contribution in [-0.4, -0.2) is 40.7 Å². The third kappa shape index (κ3) is 4.34. The summed E-state index contributed by atoms with van der Waals surface area (Å²) in [7, 11) is 0. The van der Waals surface area contributed by atoms with Crippen molar-refractivity contribution >= 4 is 5.91 Å². The standard InChI is InChI=1S/C18H23N3O3/c1-14-19-20-18(24-14)15-9-11-21(12-10-15)17(22)8-5-13-23-16-6-3-2-4-7-16/h2-4,6-7,15H,5,8-13H2,1H3. The lowest BCUT2D eigenvalue weighted by Crippen LogP contribution is -2.38. The number of benzene rings is 1. The van der Waals surface area contributed by atoms with Crippen LogP contribution >= 0.6 is 0 Å². The number of hydrogen-bond donors (Lipinski definition) is 0. The van der Waals surface area contributed by atoms with Gasteiger partial charge in [-0.15, -0.1) is 10.2 Å². The van der Waals surface area contributed by atoms with Gasteiger partial charge in [0.2, 0.25) is 17.7 Å². The lowest BCUT2D eigenvalue weighted by atomic mass is 9.96. The van der Waals surface area contributed by atoms with Gasteiger partial charge in [-0.05, 0) is 31.4 Å². The van der Waals surface area contributed by atoms with Crippen LogP contribution in [0.3, 0.4) is 0 Å². The van der Waals surface area contributed by atoms with Gasteiger partial charge in [-0.1, -0.05) is 18.2 Å². The molecule has 1 aliphatic heterocycles. The Morgan fingerprint density at radius 3 is 2.67 bits per heavy atom. The summed E-state index contributed by atoms with van der Waals surface area (Å²) < 4.78 is 11.1. The Hall–Kier alpha value is -2.37. The number of carbonyl (C=O) groups is 1. The summed E-state index contributed by atoms with van der Waals surface area (Å²) in [6, 6.07) is 9.68. The first-order chi connectivity index (χ1) is 11.7. The fraction of sp³-hybridized carbons (Fsp3) is 0.500. The van der Waals surface area contributed by atoms with Crippen molar-refractivity contribution in [3.63, 3.8) is 0 Å². The SMILES string of the molecule is Cc1nnc(C2CCN(C(=O)CCCOc3ccccc3)CC2)o1. The van der Waals surface area contributed by atoms with Gasteiger partial charge >= 0.3 is 0 Å². The molecular weight excluding hydrogens is 306 g/mol. The van der Waals surface area contributed by atoms with Gasteiger partial charge in [-0.2, -0.15) is 0 Å². The molecule has 0 bridgehead atoms. The number of para-hydroxylation sites is 1. The molecule has 2 heterocycles. The van der Waals surface area contributed by atoms with E-state index in [1.54, 1.807) is 6.92 Å². The van der Waals surface area contributed by atoms with Gasteiger partial charge in [0, 0.05) is 32.4 Å². The number of carbonyl (C=O) groups excluding carboxylic acids is 1. The van der Waals surface area contributed by atoms with Gasteiger partial charge in [0.1, 0.15) is 5.75 Å². The van der Waals surface area contributed by atoms with Crippen LogP contribution < -0.4 is 4.74 Å². The zero-order chi connectivity index (χ0) is 16.8. The van der Waals surface area contributed by atoms with Gasteiger partial charge < -0.3 is 14.1 Å². The van der Waals surface area contributed by atoms with Crippen molar-refractivity contribution < 1.29 is 13.9 Å². The minimum atomic E-state index is 0.201. The summed E-state index contributed by atoms with van der Waals surface area (Å²) in [5.74, 6) is 2.63. The quantitative estimate of drug-likeness (QED) is 0.762. The lowest BCUT2D eigenvalue weighted by molar-refractivity contribution is -0.132. The van der Waals surface area contributed by atoms with Crippen molar-refractivity contribution in [1.82, 2.24) is 15.1 Å². The summed E-state index contributed by atoms with van der Waals surface area (Å²) in [4.78, 5) is 14.2. The molecule has 1 aromatic carbocycles. The van der Waals surface area contributed by atoms with Crippen LogP contribution in [0.15, 0.2) is 34.7 Å². The monoisotopic (exact) mass is 329 g/mol. The van der Waals surface area contributed by atoms with E-state index in [9.17, 15) is 4.79 Å². The Morgan fingerprint density at radius 2 is 2.00 bits per heavy atom. The normalized spacial score (nSPS) is 15.5. The van der Waals surface area contributed by atoms with E-state index in [4.69, 9.17) is 9.15 Å². The Morgan fingerprint density at radius 1 is 1.25 bits per heavy atom. The van der Waals surface area contributed by atoms with Gasteiger partial charge in [-0.3, -0.25) is 4.79 Å². The number of hydrogen-bond acceptors (Lipinski definition) is 5. The number of aryl methyl sites for hydroxylation is 1. The summed E-state index contributed by atoms with van der Waals surface area (Å²) >= 11 is 0. The van der Waals surface area contributed by atoms with E-state index < -0.39 is 0 Å².